The molecule has 1 N–H and O–H groups in total. The Labute approximate surface area is 150 Å². The average molecular weight is 373 g/mol. The number of nitrogens with one attached hydrogen (secondary N) is 1. The van der Waals surface area contributed by atoms with Crippen LogP contribution in [-0.2, 0) is 14.3 Å². The van der Waals surface area contributed by atoms with Gasteiger partial charge in [0.05, 0.1) is 0 Å². The number of alkyl halides is 2. The van der Waals surface area contributed by atoms with Gasteiger partial charge in [-0.05, 0) is 31.2 Å². The van der Waals surface area contributed by atoms with Gasteiger partial charge >= 0.3 is 5.97 Å². The lowest BCUT2D eigenvalue weighted by Crippen LogP contribution is -2.26. The Morgan fingerprint density at radius 1 is 1.21 bits per heavy atom. The van der Waals surface area contributed by atoms with Gasteiger partial charge in [-0.25, -0.2) is 0 Å². The van der Waals surface area contributed by atoms with Crippen molar-refractivity contribution in [1.82, 2.24) is 4.90 Å². The minimum atomic E-state index is -1.13. The van der Waals surface area contributed by atoms with E-state index >= 15 is 0 Å². The highest BCUT2D eigenvalue weighted by Crippen LogP contribution is 2.64. The third kappa shape index (κ3) is 3.82. The number of hydrogen-bond donors (Lipinski definition) is 1. The van der Waals surface area contributed by atoms with Crippen LogP contribution in [0.3, 0.4) is 0 Å². The van der Waals surface area contributed by atoms with Gasteiger partial charge in [0.25, 0.3) is 11.8 Å². The Kier molecular flexibility index (Phi) is 5.11. The number of amides is 2. The standard InChI is InChI=1S/C16H18Cl2N2O4/c1-15(9-16(15,17)18)14(23)24-8-12(21)19-11-6-4-10(5-7-11)13(22)20(2)3/h4-7H,8-9H2,1-3H3,(H,19,21)/t15-/m0/s1. The van der Waals surface area contributed by atoms with E-state index in [-0.39, 0.29) is 5.91 Å². The summed E-state index contributed by atoms with van der Waals surface area (Å²) in [6.07, 6.45) is 0.297. The zero-order chi connectivity index (χ0) is 18.1. The number of halogens is 2. The molecule has 1 aliphatic rings. The fourth-order valence-electron chi connectivity index (χ4n) is 2.06. The van der Waals surface area contributed by atoms with Crippen molar-refractivity contribution in [3.63, 3.8) is 0 Å². The summed E-state index contributed by atoms with van der Waals surface area (Å²) in [6, 6.07) is 6.40. The SMILES string of the molecule is CN(C)C(=O)c1ccc(NC(=O)COC(=O)[C@]2(C)CC2(Cl)Cl)cc1. The normalized spacial score (nSPS) is 20.9. The summed E-state index contributed by atoms with van der Waals surface area (Å²) in [4.78, 5) is 36.9. The number of rotatable bonds is 5. The fourth-order valence-corrected chi connectivity index (χ4v) is 2.75. The van der Waals surface area contributed by atoms with Crippen LogP contribution in [0.2, 0.25) is 0 Å². The van der Waals surface area contributed by atoms with Crippen molar-refractivity contribution in [2.24, 2.45) is 5.41 Å². The molecule has 0 saturated heterocycles. The highest BCUT2D eigenvalue weighted by Gasteiger charge is 2.69. The van der Waals surface area contributed by atoms with Crippen LogP contribution < -0.4 is 5.32 Å². The molecule has 0 aromatic heterocycles. The van der Waals surface area contributed by atoms with E-state index in [1.165, 1.54) is 4.90 Å². The van der Waals surface area contributed by atoms with Gasteiger partial charge in [-0.1, -0.05) is 0 Å². The van der Waals surface area contributed by atoms with Crippen molar-refractivity contribution in [1.29, 1.82) is 0 Å². The molecule has 0 spiro atoms. The quantitative estimate of drug-likeness (QED) is 0.636. The molecule has 1 aromatic carbocycles. The maximum absolute atomic E-state index is 11.9. The number of hydrogen-bond acceptors (Lipinski definition) is 4. The summed E-state index contributed by atoms with van der Waals surface area (Å²) in [5.74, 6) is -1.23. The van der Waals surface area contributed by atoms with E-state index in [4.69, 9.17) is 27.9 Å². The second-order valence-electron chi connectivity index (χ2n) is 6.11. The zero-order valence-electron chi connectivity index (χ0n) is 13.6. The smallest absolute Gasteiger partial charge is 0.315 e. The topological polar surface area (TPSA) is 75.7 Å². The van der Waals surface area contributed by atoms with E-state index in [2.05, 4.69) is 5.32 Å². The highest BCUT2D eigenvalue weighted by atomic mass is 35.5. The molecule has 0 unspecified atom stereocenters. The molecule has 1 fully saturated rings. The Morgan fingerprint density at radius 2 is 1.75 bits per heavy atom. The summed E-state index contributed by atoms with van der Waals surface area (Å²) in [5, 5.41) is 2.58. The largest absolute Gasteiger partial charge is 0.455 e. The van der Waals surface area contributed by atoms with Crippen molar-refractivity contribution in [2.75, 3.05) is 26.0 Å². The summed E-state index contributed by atoms with van der Waals surface area (Å²) in [7, 11) is 3.31. The van der Waals surface area contributed by atoms with Crippen molar-refractivity contribution in [2.45, 2.75) is 17.7 Å². The van der Waals surface area contributed by atoms with Gasteiger partial charge < -0.3 is 15.0 Å². The summed E-state index contributed by atoms with van der Waals surface area (Å²) in [5.41, 5.74) is 0.0320. The molecule has 6 nitrogen and oxygen atoms in total. The summed E-state index contributed by atoms with van der Waals surface area (Å²) in [6.45, 7) is 1.16. The van der Waals surface area contributed by atoms with Crippen molar-refractivity contribution in [3.8, 4) is 0 Å². The number of ether oxygens (including phenoxy) is 1. The van der Waals surface area contributed by atoms with Gasteiger partial charge in [0, 0.05) is 31.8 Å². The van der Waals surface area contributed by atoms with Crippen LogP contribution in [-0.4, -0.2) is 47.7 Å². The average Bonchev–Trinajstić information content (AvgIpc) is 3.04. The number of anilines is 1. The Balaban J connectivity index is 1.85. The molecule has 0 bridgehead atoms. The molecule has 0 aliphatic heterocycles. The predicted octanol–water partition coefficient (Wildman–Crippen LogP) is 2.45. The van der Waals surface area contributed by atoms with Gasteiger partial charge in [-0.3, -0.25) is 14.4 Å². The molecule has 1 aromatic rings. The predicted molar refractivity (Wildman–Crippen MR) is 91.2 cm³/mol. The van der Waals surface area contributed by atoms with Crippen LogP contribution in [0.15, 0.2) is 24.3 Å². The van der Waals surface area contributed by atoms with Crippen molar-refractivity contribution in [3.05, 3.63) is 29.8 Å². The van der Waals surface area contributed by atoms with Gasteiger partial charge in [0.1, 0.15) is 9.75 Å². The van der Waals surface area contributed by atoms with Crippen LogP contribution in [0.1, 0.15) is 23.7 Å². The second-order valence-corrected chi connectivity index (χ2v) is 7.60. The molecule has 130 valence electrons. The van der Waals surface area contributed by atoms with Gasteiger partial charge in [0.15, 0.2) is 6.61 Å². The van der Waals surface area contributed by atoms with E-state index in [0.717, 1.165) is 0 Å². The van der Waals surface area contributed by atoms with E-state index in [9.17, 15) is 14.4 Å². The highest BCUT2D eigenvalue weighted by molar-refractivity contribution is 6.53. The molecule has 1 atom stereocenters. The first kappa shape index (κ1) is 18.5. The minimum Gasteiger partial charge on any atom is -0.455 e. The molecule has 0 radical (unpaired) electrons. The summed E-state index contributed by atoms with van der Waals surface area (Å²) >= 11 is 11.8. The molecule has 24 heavy (non-hydrogen) atoms. The Hall–Kier alpha value is -1.79. The molecule has 1 aliphatic carbocycles. The van der Waals surface area contributed by atoms with Crippen LogP contribution >= 0.6 is 23.2 Å². The zero-order valence-corrected chi connectivity index (χ0v) is 15.1. The Morgan fingerprint density at radius 3 is 2.21 bits per heavy atom. The lowest BCUT2D eigenvalue weighted by atomic mass is 10.1. The number of esters is 1. The minimum absolute atomic E-state index is 0.134. The van der Waals surface area contributed by atoms with Gasteiger partial charge in [0.2, 0.25) is 0 Å². The maximum Gasteiger partial charge on any atom is 0.315 e. The number of carbonyl (C=O) groups excluding carboxylic acids is 3. The number of benzene rings is 1. The second kappa shape index (κ2) is 6.61. The van der Waals surface area contributed by atoms with E-state index < -0.39 is 28.2 Å². The van der Waals surface area contributed by atoms with Crippen molar-refractivity contribution < 1.29 is 19.1 Å². The van der Waals surface area contributed by atoms with Crippen LogP contribution in [0, 0.1) is 5.41 Å². The lowest BCUT2D eigenvalue weighted by Gasteiger charge is -2.12. The van der Waals surface area contributed by atoms with Gasteiger partial charge in [-0.2, -0.15) is 0 Å². The fraction of sp³-hybridized carbons (Fsp3) is 0.438. The van der Waals surface area contributed by atoms with Crippen LogP contribution in [0.5, 0.6) is 0 Å². The van der Waals surface area contributed by atoms with E-state index in [1.807, 2.05) is 0 Å². The van der Waals surface area contributed by atoms with E-state index in [1.54, 1.807) is 45.3 Å². The monoisotopic (exact) mass is 372 g/mol. The lowest BCUT2D eigenvalue weighted by molar-refractivity contribution is -0.152. The van der Waals surface area contributed by atoms with Crippen LogP contribution in [0.25, 0.3) is 0 Å². The van der Waals surface area contributed by atoms with Crippen LogP contribution in [0.4, 0.5) is 5.69 Å². The molecule has 1 saturated carbocycles. The number of nitrogens with zero attached hydrogens (tertiary/aromatic N) is 1. The first-order chi connectivity index (χ1) is 11.1. The third-order valence-electron chi connectivity index (χ3n) is 3.86. The van der Waals surface area contributed by atoms with Crippen molar-refractivity contribution >= 4 is 46.7 Å². The first-order valence-corrected chi connectivity index (χ1v) is 7.99. The molecular weight excluding hydrogens is 355 g/mol. The van der Waals surface area contributed by atoms with Gasteiger partial charge in [-0.15, -0.1) is 23.2 Å². The molecule has 2 amide bonds. The molecule has 8 heteroatoms. The summed E-state index contributed by atoms with van der Waals surface area (Å²) < 4.78 is 3.82. The Bertz CT molecular complexity index is 673. The third-order valence-corrected chi connectivity index (χ3v) is 4.97. The first-order valence-electron chi connectivity index (χ1n) is 7.23. The molecular formula is C16H18Cl2N2O4. The molecule has 0 heterocycles. The van der Waals surface area contributed by atoms with E-state index in [0.29, 0.717) is 17.7 Å². The number of carbonyl (C=O) groups is 3. The maximum atomic E-state index is 11.9. The molecule has 2 rings (SSSR count).